The number of hydrogen-bond donors (Lipinski definition) is 1. The van der Waals surface area contributed by atoms with Gasteiger partial charge in [0.05, 0.1) is 0 Å². The summed E-state index contributed by atoms with van der Waals surface area (Å²) in [6, 6.07) is 19.1. The second kappa shape index (κ2) is 6.09. The molecule has 4 rings (SSSR count). The lowest BCUT2D eigenvalue weighted by Crippen LogP contribution is -2.55. The summed E-state index contributed by atoms with van der Waals surface area (Å²) in [5, 5.41) is 3.84. The Kier molecular flexibility index (Phi) is 3.87. The van der Waals surface area contributed by atoms with Crippen LogP contribution in [0.2, 0.25) is 0 Å². The van der Waals surface area contributed by atoms with Gasteiger partial charge in [-0.1, -0.05) is 72.7 Å². The first-order chi connectivity index (χ1) is 12.6. The Balaban J connectivity index is 1.97. The van der Waals surface area contributed by atoms with Gasteiger partial charge in [0.1, 0.15) is 11.2 Å². The predicted octanol–water partition coefficient (Wildman–Crippen LogP) is 2.98. The second-order valence-corrected chi connectivity index (χ2v) is 7.04. The van der Waals surface area contributed by atoms with Crippen LogP contribution in [0.3, 0.4) is 0 Å². The molecule has 132 valence electrons. The van der Waals surface area contributed by atoms with Crippen molar-refractivity contribution in [2.24, 2.45) is 22.2 Å². The van der Waals surface area contributed by atoms with Crippen molar-refractivity contribution in [2.45, 2.75) is 25.2 Å². The van der Waals surface area contributed by atoms with Gasteiger partial charge in [-0.25, -0.2) is 4.79 Å². The second-order valence-electron chi connectivity index (χ2n) is 7.04. The molecule has 5 nitrogen and oxygen atoms in total. The van der Waals surface area contributed by atoms with E-state index in [1.165, 1.54) is 0 Å². The lowest BCUT2D eigenvalue weighted by Gasteiger charge is -2.46. The van der Waals surface area contributed by atoms with E-state index in [-0.39, 0.29) is 24.0 Å². The van der Waals surface area contributed by atoms with Gasteiger partial charge < -0.3 is 10.6 Å². The Morgan fingerprint density at radius 3 is 2.12 bits per heavy atom. The van der Waals surface area contributed by atoms with Crippen LogP contribution in [0.4, 0.5) is 0 Å². The summed E-state index contributed by atoms with van der Waals surface area (Å²) in [6.07, 6.45) is 0.236. The zero-order chi connectivity index (χ0) is 18.3. The fourth-order valence-corrected chi connectivity index (χ4v) is 4.58. The summed E-state index contributed by atoms with van der Waals surface area (Å²) in [5.41, 5.74) is 6.91. The number of oxime groups is 1. The summed E-state index contributed by atoms with van der Waals surface area (Å²) in [6.45, 7) is 1.86. The third-order valence-corrected chi connectivity index (χ3v) is 5.80. The SMILES string of the molecule is C[C@H]1C(=O)C[C@H](c2ccccc2)C2(C(=O)ON=C2N)[C@@H]1c1ccccc1. The van der Waals surface area contributed by atoms with Gasteiger partial charge in [-0.2, -0.15) is 0 Å². The van der Waals surface area contributed by atoms with E-state index in [2.05, 4.69) is 5.16 Å². The van der Waals surface area contributed by atoms with Crippen molar-refractivity contribution in [3.8, 4) is 0 Å². The van der Waals surface area contributed by atoms with Crippen LogP contribution in [-0.4, -0.2) is 17.6 Å². The zero-order valence-corrected chi connectivity index (χ0v) is 14.5. The lowest BCUT2D eigenvalue weighted by molar-refractivity contribution is -0.153. The molecule has 1 unspecified atom stereocenters. The fourth-order valence-electron chi connectivity index (χ4n) is 4.58. The number of carbonyl (C=O) groups is 2. The zero-order valence-electron chi connectivity index (χ0n) is 14.5. The molecule has 2 aromatic carbocycles. The number of ketones is 1. The molecule has 1 aliphatic heterocycles. The number of benzene rings is 2. The normalized spacial score (nSPS) is 31.0. The van der Waals surface area contributed by atoms with Crippen molar-refractivity contribution >= 4 is 17.6 Å². The minimum absolute atomic E-state index is 0.117. The topological polar surface area (TPSA) is 81.8 Å². The lowest BCUT2D eigenvalue weighted by atomic mass is 9.52. The van der Waals surface area contributed by atoms with E-state index in [0.717, 1.165) is 11.1 Å². The molecule has 1 aliphatic carbocycles. The molecule has 1 heterocycles. The third-order valence-electron chi connectivity index (χ3n) is 5.80. The minimum Gasteiger partial charge on any atom is -0.383 e. The molecule has 0 saturated heterocycles. The van der Waals surface area contributed by atoms with Gasteiger partial charge in [0.2, 0.25) is 0 Å². The number of nitrogens with two attached hydrogens (primary N) is 1. The average molecular weight is 348 g/mol. The van der Waals surface area contributed by atoms with Gasteiger partial charge in [-0.05, 0) is 11.1 Å². The largest absolute Gasteiger partial charge is 0.383 e. The molecule has 5 heteroatoms. The Labute approximate surface area is 151 Å². The van der Waals surface area contributed by atoms with E-state index in [1.54, 1.807) is 0 Å². The molecule has 0 aromatic heterocycles. The van der Waals surface area contributed by atoms with Gasteiger partial charge in [-0.15, -0.1) is 0 Å². The van der Waals surface area contributed by atoms with E-state index in [1.807, 2.05) is 67.6 Å². The minimum atomic E-state index is -1.17. The van der Waals surface area contributed by atoms with Crippen LogP contribution in [0, 0.1) is 11.3 Å². The molecule has 0 bridgehead atoms. The van der Waals surface area contributed by atoms with Crippen LogP contribution in [0.1, 0.15) is 36.3 Å². The molecule has 2 aromatic rings. The molecule has 1 saturated carbocycles. The van der Waals surface area contributed by atoms with Crippen LogP contribution < -0.4 is 5.73 Å². The monoisotopic (exact) mass is 348 g/mol. The molecule has 0 radical (unpaired) electrons. The van der Waals surface area contributed by atoms with Crippen molar-refractivity contribution < 1.29 is 14.4 Å². The highest BCUT2D eigenvalue weighted by atomic mass is 16.7. The molecule has 1 spiro atoms. The van der Waals surface area contributed by atoms with Crippen molar-refractivity contribution in [3.05, 3.63) is 71.8 Å². The summed E-state index contributed by atoms with van der Waals surface area (Å²) >= 11 is 0. The molecule has 26 heavy (non-hydrogen) atoms. The number of hydrogen-bond acceptors (Lipinski definition) is 5. The highest BCUT2D eigenvalue weighted by molar-refractivity contribution is 6.11. The van der Waals surface area contributed by atoms with Crippen LogP contribution in [0.5, 0.6) is 0 Å². The quantitative estimate of drug-likeness (QED) is 0.846. The first kappa shape index (κ1) is 16.5. The third kappa shape index (κ3) is 2.20. The number of carbonyl (C=O) groups excluding carboxylic acids is 2. The van der Waals surface area contributed by atoms with Gasteiger partial charge in [0, 0.05) is 24.2 Å². The van der Waals surface area contributed by atoms with Gasteiger partial charge in [0.15, 0.2) is 5.84 Å². The standard InChI is InChI=1S/C21H20N2O3/c1-13-17(24)12-16(14-8-4-2-5-9-14)21(19(22)23-26-20(21)25)18(13)15-10-6-3-7-11-15/h2-11,13,16,18H,12H2,1H3,(H2,22,23)/t13-,16+,18-,21?/m0/s1. The number of rotatable bonds is 2. The summed E-state index contributed by atoms with van der Waals surface area (Å²) < 4.78 is 0. The predicted molar refractivity (Wildman–Crippen MR) is 97.3 cm³/mol. The van der Waals surface area contributed by atoms with Gasteiger partial charge in [-0.3, -0.25) is 4.79 Å². The Bertz CT molecular complexity index is 879. The van der Waals surface area contributed by atoms with E-state index >= 15 is 0 Å². The molecular weight excluding hydrogens is 328 g/mol. The number of Topliss-reactive ketones (excluding diaryl/α,β-unsaturated/α-hetero) is 1. The van der Waals surface area contributed by atoms with Crippen LogP contribution in [-0.2, 0) is 14.4 Å². The van der Waals surface area contributed by atoms with E-state index in [9.17, 15) is 9.59 Å². The maximum absolute atomic E-state index is 13.1. The molecular formula is C21H20N2O3. The Hall–Kier alpha value is -2.95. The Morgan fingerprint density at radius 1 is 1.00 bits per heavy atom. The van der Waals surface area contributed by atoms with Gasteiger partial charge in [0.25, 0.3) is 0 Å². The summed E-state index contributed by atoms with van der Waals surface area (Å²) in [4.78, 5) is 31.0. The summed E-state index contributed by atoms with van der Waals surface area (Å²) in [7, 11) is 0. The maximum Gasteiger partial charge on any atom is 0.350 e. The van der Waals surface area contributed by atoms with Crippen LogP contribution in [0.15, 0.2) is 65.8 Å². The molecule has 0 amide bonds. The van der Waals surface area contributed by atoms with E-state index in [0.29, 0.717) is 0 Å². The highest BCUT2D eigenvalue weighted by Gasteiger charge is 2.65. The van der Waals surface area contributed by atoms with Crippen molar-refractivity contribution in [1.29, 1.82) is 0 Å². The van der Waals surface area contributed by atoms with Crippen molar-refractivity contribution in [2.75, 3.05) is 0 Å². The summed E-state index contributed by atoms with van der Waals surface area (Å²) in [5.74, 6) is -1.39. The molecule has 2 N–H and O–H groups in total. The fraction of sp³-hybridized carbons (Fsp3) is 0.286. The average Bonchev–Trinajstić information content (AvgIpc) is 2.96. The van der Waals surface area contributed by atoms with Crippen molar-refractivity contribution in [1.82, 2.24) is 0 Å². The number of nitrogens with zero attached hydrogens (tertiary/aromatic N) is 1. The Morgan fingerprint density at radius 2 is 1.58 bits per heavy atom. The maximum atomic E-state index is 13.1. The number of amidine groups is 1. The first-order valence-electron chi connectivity index (χ1n) is 8.74. The first-order valence-corrected chi connectivity index (χ1v) is 8.74. The van der Waals surface area contributed by atoms with E-state index < -0.39 is 23.2 Å². The van der Waals surface area contributed by atoms with Gasteiger partial charge >= 0.3 is 5.97 Å². The molecule has 2 aliphatic rings. The van der Waals surface area contributed by atoms with Crippen LogP contribution >= 0.6 is 0 Å². The van der Waals surface area contributed by atoms with Crippen LogP contribution in [0.25, 0.3) is 0 Å². The molecule has 1 fully saturated rings. The molecule has 4 atom stereocenters. The highest BCUT2D eigenvalue weighted by Crippen LogP contribution is 2.58. The van der Waals surface area contributed by atoms with E-state index in [4.69, 9.17) is 10.6 Å². The van der Waals surface area contributed by atoms with Crippen molar-refractivity contribution in [3.63, 3.8) is 0 Å². The smallest absolute Gasteiger partial charge is 0.350 e.